The summed E-state index contributed by atoms with van der Waals surface area (Å²) in [5, 5.41) is 11.9. The summed E-state index contributed by atoms with van der Waals surface area (Å²) in [5.74, 6) is -0.982. The van der Waals surface area contributed by atoms with Crippen molar-refractivity contribution in [1.29, 1.82) is 0 Å². The fraction of sp³-hybridized carbons (Fsp3) is 0.462. The molecule has 6 heteroatoms. The number of carboxylic acids is 1. The summed E-state index contributed by atoms with van der Waals surface area (Å²) in [5.41, 5.74) is -0.801. The second-order valence-electron chi connectivity index (χ2n) is 4.64. The molecule has 6 nitrogen and oxygen atoms in total. The Balaban J connectivity index is 2.13. The van der Waals surface area contributed by atoms with Gasteiger partial charge in [0.05, 0.1) is 12.7 Å². The molecule has 1 aromatic heterocycles. The largest absolute Gasteiger partial charge is 0.481 e. The topological polar surface area (TPSA) is 88.5 Å². The molecule has 1 aromatic rings. The first-order chi connectivity index (χ1) is 9.07. The fourth-order valence-electron chi connectivity index (χ4n) is 2.30. The van der Waals surface area contributed by atoms with Crippen molar-refractivity contribution in [3.8, 4) is 5.88 Å². The molecular formula is C13H16N2O4. The molecule has 1 saturated carbocycles. The van der Waals surface area contributed by atoms with Crippen LogP contribution in [0.15, 0.2) is 18.3 Å². The van der Waals surface area contributed by atoms with Crippen LogP contribution in [0, 0.1) is 0 Å². The first-order valence-corrected chi connectivity index (χ1v) is 6.13. The van der Waals surface area contributed by atoms with Gasteiger partial charge in [0.2, 0.25) is 5.88 Å². The number of amides is 1. The average molecular weight is 264 g/mol. The molecule has 0 bridgehead atoms. The summed E-state index contributed by atoms with van der Waals surface area (Å²) < 4.78 is 4.90. The summed E-state index contributed by atoms with van der Waals surface area (Å²) in [6.07, 6.45) is 3.94. The molecule has 2 N–H and O–H groups in total. The molecule has 1 aliphatic rings. The van der Waals surface area contributed by atoms with Crippen LogP contribution >= 0.6 is 0 Å². The van der Waals surface area contributed by atoms with Crippen molar-refractivity contribution < 1.29 is 19.4 Å². The highest BCUT2D eigenvalue weighted by atomic mass is 16.5. The van der Waals surface area contributed by atoms with E-state index in [0.717, 1.165) is 12.8 Å². The van der Waals surface area contributed by atoms with E-state index in [-0.39, 0.29) is 0 Å². The maximum Gasteiger partial charge on any atom is 0.329 e. The van der Waals surface area contributed by atoms with Crippen LogP contribution in [0.2, 0.25) is 0 Å². The fourth-order valence-corrected chi connectivity index (χ4v) is 2.30. The van der Waals surface area contributed by atoms with Crippen molar-refractivity contribution in [2.24, 2.45) is 0 Å². The number of methoxy groups -OCH3 is 1. The monoisotopic (exact) mass is 264 g/mol. The van der Waals surface area contributed by atoms with E-state index < -0.39 is 17.4 Å². The molecule has 2 rings (SSSR count). The zero-order chi connectivity index (χ0) is 13.9. The zero-order valence-electron chi connectivity index (χ0n) is 10.7. The zero-order valence-corrected chi connectivity index (χ0v) is 10.7. The number of carbonyl (C=O) groups is 2. The quantitative estimate of drug-likeness (QED) is 0.853. The maximum absolute atomic E-state index is 12.1. The summed E-state index contributed by atoms with van der Waals surface area (Å²) >= 11 is 0. The molecule has 1 heterocycles. The number of ether oxygens (including phenoxy) is 1. The Morgan fingerprint density at radius 1 is 1.37 bits per heavy atom. The number of carbonyl (C=O) groups excluding carboxylic acids is 1. The Kier molecular flexibility index (Phi) is 3.69. The van der Waals surface area contributed by atoms with E-state index in [1.165, 1.54) is 13.3 Å². The number of nitrogens with zero attached hydrogens (tertiary/aromatic N) is 1. The predicted octanol–water partition coefficient (Wildman–Crippen LogP) is 1.22. The molecule has 0 aromatic carbocycles. The third-order valence-electron chi connectivity index (χ3n) is 3.43. The normalized spacial score (nSPS) is 16.9. The molecule has 1 amide bonds. The van der Waals surface area contributed by atoms with Gasteiger partial charge in [-0.1, -0.05) is 12.8 Å². The standard InChI is InChI=1S/C13H16N2O4/c1-19-10-5-4-9(8-14-10)11(16)15-13(12(17)18)6-2-3-7-13/h4-5,8H,2-3,6-7H2,1H3,(H,15,16)(H,17,18). The predicted molar refractivity (Wildman–Crippen MR) is 67.1 cm³/mol. The van der Waals surface area contributed by atoms with Crippen molar-refractivity contribution in [3.05, 3.63) is 23.9 Å². The molecule has 0 atom stereocenters. The van der Waals surface area contributed by atoms with E-state index in [1.54, 1.807) is 12.1 Å². The summed E-state index contributed by atoms with van der Waals surface area (Å²) in [4.78, 5) is 27.3. The van der Waals surface area contributed by atoms with E-state index in [9.17, 15) is 14.7 Å². The van der Waals surface area contributed by atoms with Gasteiger partial charge in [0.15, 0.2) is 0 Å². The molecule has 0 saturated heterocycles. The van der Waals surface area contributed by atoms with Gasteiger partial charge in [0, 0.05) is 12.3 Å². The van der Waals surface area contributed by atoms with Crippen LogP contribution in [-0.2, 0) is 4.79 Å². The van der Waals surface area contributed by atoms with E-state index in [4.69, 9.17) is 4.74 Å². The molecule has 1 fully saturated rings. The summed E-state index contributed by atoms with van der Waals surface area (Å²) in [6, 6.07) is 3.13. The smallest absolute Gasteiger partial charge is 0.329 e. The van der Waals surface area contributed by atoms with Crippen LogP contribution in [0.3, 0.4) is 0 Å². The van der Waals surface area contributed by atoms with Crippen LogP contribution in [0.1, 0.15) is 36.0 Å². The van der Waals surface area contributed by atoms with Gasteiger partial charge in [0.25, 0.3) is 5.91 Å². The highest BCUT2D eigenvalue weighted by Gasteiger charge is 2.42. The minimum Gasteiger partial charge on any atom is -0.481 e. The Labute approximate surface area is 110 Å². The van der Waals surface area contributed by atoms with Crippen LogP contribution in [0.4, 0.5) is 0 Å². The molecule has 19 heavy (non-hydrogen) atoms. The van der Waals surface area contributed by atoms with Gasteiger partial charge in [-0.3, -0.25) is 4.79 Å². The van der Waals surface area contributed by atoms with Crippen LogP contribution in [0.25, 0.3) is 0 Å². The highest BCUT2D eigenvalue weighted by Crippen LogP contribution is 2.30. The molecule has 1 aliphatic carbocycles. The van der Waals surface area contributed by atoms with Crippen molar-refractivity contribution in [3.63, 3.8) is 0 Å². The van der Waals surface area contributed by atoms with Gasteiger partial charge in [-0.05, 0) is 18.9 Å². The van der Waals surface area contributed by atoms with E-state index in [0.29, 0.717) is 24.3 Å². The number of aliphatic carboxylic acids is 1. The Morgan fingerprint density at radius 3 is 2.53 bits per heavy atom. The number of aromatic nitrogens is 1. The lowest BCUT2D eigenvalue weighted by atomic mass is 9.97. The number of rotatable bonds is 4. The minimum atomic E-state index is -1.13. The number of carboxylic acid groups (broad SMARTS) is 1. The third-order valence-corrected chi connectivity index (χ3v) is 3.43. The van der Waals surface area contributed by atoms with Crippen molar-refractivity contribution in [2.75, 3.05) is 7.11 Å². The Morgan fingerprint density at radius 2 is 2.05 bits per heavy atom. The van der Waals surface area contributed by atoms with Crippen molar-refractivity contribution in [1.82, 2.24) is 10.3 Å². The minimum absolute atomic E-state index is 0.327. The van der Waals surface area contributed by atoms with Gasteiger partial charge < -0.3 is 15.2 Å². The Hall–Kier alpha value is -2.11. The van der Waals surface area contributed by atoms with Gasteiger partial charge in [0.1, 0.15) is 5.54 Å². The second kappa shape index (κ2) is 5.26. The van der Waals surface area contributed by atoms with Gasteiger partial charge in [-0.2, -0.15) is 0 Å². The van der Waals surface area contributed by atoms with Crippen molar-refractivity contribution >= 4 is 11.9 Å². The number of hydrogen-bond donors (Lipinski definition) is 2. The second-order valence-corrected chi connectivity index (χ2v) is 4.64. The van der Waals surface area contributed by atoms with Gasteiger partial charge in [-0.15, -0.1) is 0 Å². The van der Waals surface area contributed by atoms with Gasteiger partial charge in [-0.25, -0.2) is 9.78 Å². The van der Waals surface area contributed by atoms with E-state index >= 15 is 0 Å². The lowest BCUT2D eigenvalue weighted by molar-refractivity contribution is -0.144. The molecule has 102 valence electrons. The molecule has 0 aliphatic heterocycles. The van der Waals surface area contributed by atoms with E-state index in [2.05, 4.69) is 10.3 Å². The average Bonchev–Trinajstić information content (AvgIpc) is 2.88. The molecular weight excluding hydrogens is 248 g/mol. The third kappa shape index (κ3) is 2.67. The molecule has 0 spiro atoms. The van der Waals surface area contributed by atoms with Crippen LogP contribution in [-0.4, -0.2) is 34.6 Å². The SMILES string of the molecule is COc1ccc(C(=O)NC2(C(=O)O)CCCC2)cn1. The van der Waals surface area contributed by atoms with Crippen LogP contribution < -0.4 is 10.1 Å². The van der Waals surface area contributed by atoms with E-state index in [1.807, 2.05) is 0 Å². The van der Waals surface area contributed by atoms with Crippen LogP contribution in [0.5, 0.6) is 5.88 Å². The number of hydrogen-bond acceptors (Lipinski definition) is 4. The van der Waals surface area contributed by atoms with Gasteiger partial charge >= 0.3 is 5.97 Å². The Bertz CT molecular complexity index is 478. The first kappa shape index (κ1) is 13.3. The summed E-state index contributed by atoms with van der Waals surface area (Å²) in [7, 11) is 1.49. The number of nitrogens with one attached hydrogen (secondary N) is 1. The molecule has 0 radical (unpaired) electrons. The number of pyridine rings is 1. The lowest BCUT2D eigenvalue weighted by Crippen LogP contribution is -2.52. The maximum atomic E-state index is 12.1. The van der Waals surface area contributed by atoms with Crippen molar-refractivity contribution in [2.45, 2.75) is 31.2 Å². The molecule has 0 unspecified atom stereocenters. The highest BCUT2D eigenvalue weighted by molar-refractivity contribution is 5.97. The lowest BCUT2D eigenvalue weighted by Gasteiger charge is -2.25. The summed E-state index contributed by atoms with van der Waals surface area (Å²) in [6.45, 7) is 0. The first-order valence-electron chi connectivity index (χ1n) is 6.13.